The minimum Gasteiger partial charge on any atom is -0.465 e. The molecule has 142 valence electrons. The molecule has 0 aliphatic carbocycles. The van der Waals surface area contributed by atoms with Crippen molar-refractivity contribution in [3.63, 3.8) is 0 Å². The van der Waals surface area contributed by atoms with Crippen LogP contribution in [0.1, 0.15) is 39.0 Å². The smallest absolute Gasteiger partial charge is 0.407 e. The van der Waals surface area contributed by atoms with Crippen LogP contribution in [0, 0.1) is 0 Å². The first kappa shape index (κ1) is 18.3. The van der Waals surface area contributed by atoms with Crippen LogP contribution in [-0.2, 0) is 17.8 Å². The number of nitrogens with one attached hydrogen (secondary N) is 1. The van der Waals surface area contributed by atoms with Gasteiger partial charge in [-0.15, -0.1) is 0 Å². The Balaban J connectivity index is 1.69. The molecule has 0 radical (unpaired) electrons. The number of hydrogen-bond donors (Lipinski definition) is 2. The molecule has 3 rings (SSSR count). The number of nitrogens with zero attached hydrogens (tertiary/aromatic N) is 3. The minimum absolute atomic E-state index is 0.0546. The van der Waals surface area contributed by atoms with E-state index in [4.69, 9.17) is 4.74 Å². The molecule has 1 aromatic heterocycles. The van der Waals surface area contributed by atoms with Crippen LogP contribution in [0.3, 0.4) is 0 Å². The van der Waals surface area contributed by atoms with Gasteiger partial charge in [-0.3, -0.25) is 0 Å². The topological polar surface area (TPSA) is 95.0 Å². The first-order valence-electron chi connectivity index (χ1n) is 8.84. The number of amides is 2. The Morgan fingerprint density at radius 2 is 2.08 bits per heavy atom. The Hall–Kier alpha value is -2.51. The highest BCUT2D eigenvalue weighted by Crippen LogP contribution is 2.35. The van der Waals surface area contributed by atoms with Gasteiger partial charge in [0.25, 0.3) is 0 Å². The van der Waals surface area contributed by atoms with E-state index in [1.54, 1.807) is 0 Å². The van der Waals surface area contributed by atoms with Gasteiger partial charge in [0.05, 0.1) is 11.7 Å². The molecule has 1 aromatic rings. The molecule has 2 aliphatic heterocycles. The van der Waals surface area contributed by atoms with Gasteiger partial charge in [-0.2, -0.15) is 0 Å². The third-order valence-corrected chi connectivity index (χ3v) is 4.60. The third-order valence-electron chi connectivity index (χ3n) is 4.60. The summed E-state index contributed by atoms with van der Waals surface area (Å²) in [5, 5.41) is 12.0. The maximum absolute atomic E-state index is 11.8. The lowest BCUT2D eigenvalue weighted by Crippen LogP contribution is -2.58. The lowest BCUT2D eigenvalue weighted by Gasteiger charge is -2.42. The molecule has 8 heteroatoms. The Bertz CT molecular complexity index is 716. The number of hydrogen-bond acceptors (Lipinski definition) is 5. The third kappa shape index (κ3) is 3.84. The van der Waals surface area contributed by atoms with E-state index in [0.29, 0.717) is 18.8 Å². The van der Waals surface area contributed by atoms with Crippen molar-refractivity contribution in [3.8, 4) is 0 Å². The summed E-state index contributed by atoms with van der Waals surface area (Å²) in [6.45, 7) is 8.72. The molecule has 1 saturated heterocycles. The van der Waals surface area contributed by atoms with Crippen molar-refractivity contribution in [1.29, 1.82) is 0 Å². The van der Waals surface area contributed by atoms with Crippen molar-refractivity contribution in [2.45, 2.75) is 58.3 Å². The first-order chi connectivity index (χ1) is 12.1. The van der Waals surface area contributed by atoms with Gasteiger partial charge >= 0.3 is 12.2 Å². The van der Waals surface area contributed by atoms with Crippen molar-refractivity contribution in [2.24, 2.45) is 0 Å². The zero-order valence-corrected chi connectivity index (χ0v) is 15.7. The zero-order chi connectivity index (χ0) is 19.1. The highest BCUT2D eigenvalue weighted by Gasteiger charge is 2.40. The molecule has 2 aliphatic rings. The predicted molar refractivity (Wildman–Crippen MR) is 96.3 cm³/mol. The van der Waals surface area contributed by atoms with Crippen molar-refractivity contribution < 1.29 is 19.4 Å². The number of carbonyl (C=O) groups excluding carboxylic acids is 1. The van der Waals surface area contributed by atoms with Gasteiger partial charge < -0.3 is 25.0 Å². The highest BCUT2D eigenvalue weighted by molar-refractivity contribution is 5.68. The fraction of sp³-hybridized carbons (Fsp3) is 0.611. The SMILES string of the molecule is C[C@@H]1CN(C(=O)O)C[C@H]2Cc3ccc(COC(=O)NC(C)(C)C)nc3N21. The summed E-state index contributed by atoms with van der Waals surface area (Å²) in [4.78, 5) is 31.5. The number of rotatable bonds is 2. The number of piperazine rings is 1. The Labute approximate surface area is 153 Å². The molecule has 2 N–H and O–H groups in total. The largest absolute Gasteiger partial charge is 0.465 e. The van der Waals surface area contributed by atoms with Gasteiger partial charge in [0.2, 0.25) is 0 Å². The van der Waals surface area contributed by atoms with Crippen molar-refractivity contribution in [3.05, 3.63) is 23.4 Å². The van der Waals surface area contributed by atoms with E-state index < -0.39 is 12.2 Å². The number of carbonyl (C=O) groups is 2. The maximum atomic E-state index is 11.8. The van der Waals surface area contributed by atoms with Crippen molar-refractivity contribution in [2.75, 3.05) is 18.0 Å². The van der Waals surface area contributed by atoms with Crippen LogP contribution < -0.4 is 10.2 Å². The highest BCUT2D eigenvalue weighted by atomic mass is 16.5. The lowest BCUT2D eigenvalue weighted by molar-refractivity contribution is 0.128. The van der Waals surface area contributed by atoms with Crippen LogP contribution in [0.25, 0.3) is 0 Å². The normalized spacial score (nSPS) is 21.8. The molecule has 1 fully saturated rings. The lowest BCUT2D eigenvalue weighted by atomic mass is 10.1. The molecule has 8 nitrogen and oxygen atoms in total. The second-order valence-corrected chi connectivity index (χ2v) is 8.04. The summed E-state index contributed by atoms with van der Waals surface area (Å²) in [5.74, 6) is 0.880. The van der Waals surface area contributed by atoms with Gasteiger partial charge in [-0.1, -0.05) is 6.07 Å². The van der Waals surface area contributed by atoms with E-state index in [2.05, 4.69) is 15.2 Å². The minimum atomic E-state index is -0.876. The second-order valence-electron chi connectivity index (χ2n) is 8.04. The molecular formula is C18H26N4O4. The monoisotopic (exact) mass is 362 g/mol. The molecule has 0 saturated carbocycles. The zero-order valence-electron chi connectivity index (χ0n) is 15.7. The molecule has 0 aromatic carbocycles. The average Bonchev–Trinajstić information content (AvgIpc) is 2.89. The van der Waals surface area contributed by atoms with E-state index in [0.717, 1.165) is 17.8 Å². The fourth-order valence-electron chi connectivity index (χ4n) is 3.60. The van der Waals surface area contributed by atoms with Gasteiger partial charge in [-0.25, -0.2) is 14.6 Å². The molecule has 0 bridgehead atoms. The number of aromatic nitrogens is 1. The van der Waals surface area contributed by atoms with Crippen LogP contribution in [0.15, 0.2) is 12.1 Å². The Morgan fingerprint density at radius 3 is 2.73 bits per heavy atom. The standard InChI is InChI=1S/C18H26N4O4/c1-11-8-21(17(24)25)9-14-7-12-5-6-13(19-15(12)22(11)14)10-26-16(23)20-18(2,3)4/h5-6,11,14H,7-10H2,1-4H3,(H,20,23)(H,24,25)/t11-,14-/m1/s1. The molecular weight excluding hydrogens is 336 g/mol. The summed E-state index contributed by atoms with van der Waals surface area (Å²) in [6.07, 6.45) is -0.567. The fourth-order valence-corrected chi connectivity index (χ4v) is 3.60. The van der Waals surface area contributed by atoms with Gasteiger partial charge in [0, 0.05) is 24.7 Å². The van der Waals surface area contributed by atoms with E-state index in [9.17, 15) is 14.7 Å². The van der Waals surface area contributed by atoms with E-state index >= 15 is 0 Å². The van der Waals surface area contributed by atoms with Crippen LogP contribution in [0.2, 0.25) is 0 Å². The number of carboxylic acid groups (broad SMARTS) is 1. The quantitative estimate of drug-likeness (QED) is 0.838. The van der Waals surface area contributed by atoms with Crippen LogP contribution >= 0.6 is 0 Å². The van der Waals surface area contributed by atoms with Crippen molar-refractivity contribution >= 4 is 18.0 Å². The van der Waals surface area contributed by atoms with Crippen LogP contribution in [-0.4, -0.2) is 57.9 Å². The van der Waals surface area contributed by atoms with Gasteiger partial charge in [0.1, 0.15) is 12.4 Å². The number of anilines is 1. The number of fused-ring (bicyclic) bond motifs is 3. The summed E-state index contributed by atoms with van der Waals surface area (Å²) in [7, 11) is 0. The molecule has 0 unspecified atom stereocenters. The average molecular weight is 362 g/mol. The molecule has 3 heterocycles. The summed E-state index contributed by atoms with van der Waals surface area (Å²) in [6, 6.07) is 4.02. The number of ether oxygens (including phenoxy) is 1. The second kappa shape index (κ2) is 6.66. The number of pyridine rings is 1. The maximum Gasteiger partial charge on any atom is 0.407 e. The molecule has 2 atom stereocenters. The molecule has 0 spiro atoms. The Kier molecular flexibility index (Phi) is 4.68. The molecule has 26 heavy (non-hydrogen) atoms. The van der Waals surface area contributed by atoms with Crippen molar-refractivity contribution in [1.82, 2.24) is 15.2 Å². The van der Waals surface area contributed by atoms with Gasteiger partial charge in [0.15, 0.2) is 0 Å². The van der Waals surface area contributed by atoms with Crippen LogP contribution in [0.5, 0.6) is 0 Å². The van der Waals surface area contributed by atoms with Gasteiger partial charge in [-0.05, 0) is 45.7 Å². The summed E-state index contributed by atoms with van der Waals surface area (Å²) in [5.41, 5.74) is 1.44. The summed E-state index contributed by atoms with van der Waals surface area (Å²) < 4.78 is 5.26. The number of alkyl carbamates (subject to hydrolysis) is 1. The van der Waals surface area contributed by atoms with E-state index in [1.165, 1.54) is 4.90 Å². The van der Waals surface area contributed by atoms with E-state index in [1.807, 2.05) is 39.8 Å². The van der Waals surface area contributed by atoms with E-state index in [-0.39, 0.29) is 24.2 Å². The summed E-state index contributed by atoms with van der Waals surface area (Å²) >= 11 is 0. The van der Waals surface area contributed by atoms with Crippen LogP contribution in [0.4, 0.5) is 15.4 Å². The molecule has 2 amide bonds. The first-order valence-corrected chi connectivity index (χ1v) is 8.84. The Morgan fingerprint density at radius 1 is 1.35 bits per heavy atom. The predicted octanol–water partition coefficient (Wildman–Crippen LogP) is 2.22.